The number of anilines is 1. The van der Waals surface area contributed by atoms with Crippen molar-refractivity contribution in [2.75, 3.05) is 11.1 Å². The zero-order valence-corrected chi connectivity index (χ0v) is 15.3. The van der Waals surface area contributed by atoms with Gasteiger partial charge in [0.25, 0.3) is 0 Å². The summed E-state index contributed by atoms with van der Waals surface area (Å²) in [5, 5.41) is 12.6. The summed E-state index contributed by atoms with van der Waals surface area (Å²) in [6.07, 6.45) is 3.21. The lowest BCUT2D eigenvalue weighted by Gasteiger charge is -2.19. The molecule has 26 heavy (non-hydrogen) atoms. The standard InChI is InChI=1S/C19H18N4O2S/c1-3-26-19-21-18-16(22-23-19)14-8-4-5-9-15(14)20-17(25-18)12(2)11-13-7-6-10-24-13/h4-11,17,20H,3H2,1-2H3/b12-11-. The predicted molar refractivity (Wildman–Crippen MR) is 102 cm³/mol. The molecule has 6 nitrogen and oxygen atoms in total. The largest absolute Gasteiger partial charge is 0.465 e. The highest BCUT2D eigenvalue weighted by atomic mass is 32.2. The van der Waals surface area contributed by atoms with Gasteiger partial charge in [0.2, 0.25) is 11.0 Å². The molecule has 3 aromatic rings. The molecule has 2 aromatic heterocycles. The van der Waals surface area contributed by atoms with E-state index in [0.717, 1.165) is 28.3 Å². The van der Waals surface area contributed by atoms with Crippen molar-refractivity contribution in [2.24, 2.45) is 0 Å². The molecule has 0 saturated carbocycles. The Hall–Kier alpha value is -2.80. The first kappa shape index (κ1) is 16.7. The molecule has 0 amide bonds. The molecule has 4 rings (SSSR count). The molecular weight excluding hydrogens is 348 g/mol. The maximum Gasteiger partial charge on any atom is 0.247 e. The number of benzene rings is 1. The highest BCUT2D eigenvalue weighted by Crippen LogP contribution is 2.37. The molecule has 0 saturated heterocycles. The fraction of sp³-hybridized carbons (Fsp3) is 0.211. The summed E-state index contributed by atoms with van der Waals surface area (Å²) >= 11 is 1.53. The molecule has 0 aliphatic carbocycles. The van der Waals surface area contributed by atoms with Gasteiger partial charge in [0.15, 0.2) is 11.9 Å². The fourth-order valence-corrected chi connectivity index (χ4v) is 3.22. The van der Waals surface area contributed by atoms with Crippen molar-refractivity contribution in [3.05, 3.63) is 54.0 Å². The Morgan fingerprint density at radius 1 is 1.23 bits per heavy atom. The molecule has 0 spiro atoms. The molecule has 7 heteroatoms. The number of nitrogens with zero attached hydrogens (tertiary/aromatic N) is 3. The second-order valence-electron chi connectivity index (χ2n) is 5.77. The molecule has 3 heterocycles. The van der Waals surface area contributed by atoms with Gasteiger partial charge >= 0.3 is 0 Å². The fourth-order valence-electron chi connectivity index (χ4n) is 2.72. The normalized spacial score (nSPS) is 16.1. The van der Waals surface area contributed by atoms with E-state index in [1.807, 2.05) is 49.4 Å². The van der Waals surface area contributed by atoms with Crippen LogP contribution >= 0.6 is 11.8 Å². The Morgan fingerprint density at radius 3 is 2.92 bits per heavy atom. The third kappa shape index (κ3) is 3.30. The Labute approximate surface area is 155 Å². The highest BCUT2D eigenvalue weighted by molar-refractivity contribution is 7.99. The molecule has 1 N–H and O–H groups in total. The molecule has 0 fully saturated rings. The van der Waals surface area contributed by atoms with Crippen LogP contribution in [-0.4, -0.2) is 27.2 Å². The molecule has 0 radical (unpaired) electrons. The van der Waals surface area contributed by atoms with Crippen LogP contribution in [0.3, 0.4) is 0 Å². The minimum atomic E-state index is -0.390. The van der Waals surface area contributed by atoms with Gasteiger partial charge in [0.05, 0.1) is 6.26 Å². The number of hydrogen-bond donors (Lipinski definition) is 1. The Kier molecular flexibility index (Phi) is 4.62. The van der Waals surface area contributed by atoms with Gasteiger partial charge < -0.3 is 14.5 Å². The van der Waals surface area contributed by atoms with Crippen LogP contribution in [0.2, 0.25) is 0 Å². The first-order valence-corrected chi connectivity index (χ1v) is 9.35. The lowest BCUT2D eigenvalue weighted by molar-refractivity contribution is 0.255. The topological polar surface area (TPSA) is 73.1 Å². The average Bonchev–Trinajstić information content (AvgIpc) is 3.09. The summed E-state index contributed by atoms with van der Waals surface area (Å²) in [5.74, 6) is 2.12. The van der Waals surface area contributed by atoms with E-state index in [9.17, 15) is 0 Å². The Bertz CT molecular complexity index is 940. The minimum absolute atomic E-state index is 0.390. The number of thioether (sulfide) groups is 1. The van der Waals surface area contributed by atoms with Gasteiger partial charge in [-0.05, 0) is 42.5 Å². The monoisotopic (exact) mass is 366 g/mol. The van der Waals surface area contributed by atoms with Crippen LogP contribution in [0.5, 0.6) is 5.88 Å². The van der Waals surface area contributed by atoms with Gasteiger partial charge in [-0.15, -0.1) is 10.2 Å². The van der Waals surface area contributed by atoms with Crippen molar-refractivity contribution >= 4 is 23.5 Å². The van der Waals surface area contributed by atoms with Crippen molar-refractivity contribution in [1.29, 1.82) is 0 Å². The summed E-state index contributed by atoms with van der Waals surface area (Å²) < 4.78 is 11.6. The molecule has 132 valence electrons. The van der Waals surface area contributed by atoms with Gasteiger partial charge in [-0.1, -0.05) is 36.9 Å². The molecule has 1 unspecified atom stereocenters. The van der Waals surface area contributed by atoms with Crippen molar-refractivity contribution in [3.8, 4) is 17.1 Å². The molecule has 1 aromatic carbocycles. The maximum absolute atomic E-state index is 6.19. The predicted octanol–water partition coefficient (Wildman–Crippen LogP) is 4.48. The number of fused-ring (bicyclic) bond motifs is 3. The van der Waals surface area contributed by atoms with Crippen molar-refractivity contribution in [3.63, 3.8) is 0 Å². The van der Waals surface area contributed by atoms with Gasteiger partial charge in [-0.25, -0.2) is 0 Å². The van der Waals surface area contributed by atoms with Crippen LogP contribution in [0.15, 0.2) is 57.8 Å². The van der Waals surface area contributed by atoms with Crippen LogP contribution in [-0.2, 0) is 0 Å². The van der Waals surface area contributed by atoms with Crippen LogP contribution in [0.1, 0.15) is 19.6 Å². The third-order valence-corrected chi connectivity index (χ3v) is 4.65. The number of aromatic nitrogens is 3. The maximum atomic E-state index is 6.19. The zero-order chi connectivity index (χ0) is 17.9. The van der Waals surface area contributed by atoms with E-state index in [-0.39, 0.29) is 0 Å². The summed E-state index contributed by atoms with van der Waals surface area (Å²) in [5.41, 5.74) is 3.45. The Balaban J connectivity index is 1.77. The van der Waals surface area contributed by atoms with E-state index in [4.69, 9.17) is 9.15 Å². The van der Waals surface area contributed by atoms with E-state index in [1.165, 1.54) is 11.8 Å². The molecule has 1 atom stereocenters. The summed E-state index contributed by atoms with van der Waals surface area (Å²) in [4.78, 5) is 4.57. The Morgan fingerprint density at radius 2 is 2.12 bits per heavy atom. The van der Waals surface area contributed by atoms with Gasteiger partial charge in [0.1, 0.15) is 5.76 Å². The summed E-state index contributed by atoms with van der Waals surface area (Å²) in [7, 11) is 0. The quantitative estimate of drug-likeness (QED) is 0.683. The van der Waals surface area contributed by atoms with Gasteiger partial charge in [-0.2, -0.15) is 4.98 Å². The zero-order valence-electron chi connectivity index (χ0n) is 14.5. The number of furan rings is 1. The number of para-hydroxylation sites is 1. The first-order valence-electron chi connectivity index (χ1n) is 8.36. The lowest BCUT2D eigenvalue weighted by atomic mass is 10.1. The van der Waals surface area contributed by atoms with Crippen molar-refractivity contribution in [1.82, 2.24) is 15.2 Å². The van der Waals surface area contributed by atoms with Crippen LogP contribution in [0, 0.1) is 0 Å². The van der Waals surface area contributed by atoms with E-state index >= 15 is 0 Å². The molecule has 1 aliphatic rings. The second-order valence-corrected chi connectivity index (χ2v) is 7.00. The minimum Gasteiger partial charge on any atom is -0.465 e. The van der Waals surface area contributed by atoms with Gasteiger partial charge in [0, 0.05) is 11.3 Å². The van der Waals surface area contributed by atoms with E-state index in [2.05, 4.69) is 27.4 Å². The van der Waals surface area contributed by atoms with E-state index in [0.29, 0.717) is 16.7 Å². The molecule has 0 bridgehead atoms. The highest BCUT2D eigenvalue weighted by Gasteiger charge is 2.25. The molecule has 1 aliphatic heterocycles. The molecular formula is C19H18N4O2S. The SMILES string of the molecule is CCSc1nnc2c(n1)OC(/C(C)=C\c1ccco1)Nc1ccccc1-2. The van der Waals surface area contributed by atoms with Crippen molar-refractivity contribution in [2.45, 2.75) is 25.2 Å². The second kappa shape index (κ2) is 7.21. The number of nitrogens with one attached hydrogen (secondary N) is 1. The third-order valence-electron chi connectivity index (χ3n) is 3.93. The number of rotatable bonds is 4. The summed E-state index contributed by atoms with van der Waals surface area (Å²) in [6.45, 7) is 4.04. The number of hydrogen-bond acceptors (Lipinski definition) is 7. The average molecular weight is 366 g/mol. The van der Waals surface area contributed by atoms with Crippen LogP contribution < -0.4 is 10.1 Å². The van der Waals surface area contributed by atoms with Crippen LogP contribution in [0.4, 0.5) is 5.69 Å². The van der Waals surface area contributed by atoms with E-state index < -0.39 is 6.23 Å². The first-order chi connectivity index (χ1) is 12.7. The lowest BCUT2D eigenvalue weighted by Crippen LogP contribution is -2.27. The van der Waals surface area contributed by atoms with Gasteiger partial charge in [-0.3, -0.25) is 0 Å². The van der Waals surface area contributed by atoms with Crippen molar-refractivity contribution < 1.29 is 9.15 Å². The number of ether oxygens (including phenoxy) is 1. The van der Waals surface area contributed by atoms with E-state index in [1.54, 1.807) is 6.26 Å². The van der Waals surface area contributed by atoms with Crippen LogP contribution in [0.25, 0.3) is 17.3 Å². The summed E-state index contributed by atoms with van der Waals surface area (Å²) in [6, 6.07) is 11.7. The smallest absolute Gasteiger partial charge is 0.247 e.